The van der Waals surface area contributed by atoms with Gasteiger partial charge in [-0.2, -0.15) is 0 Å². The van der Waals surface area contributed by atoms with Gasteiger partial charge < -0.3 is 24.8 Å². The number of likely N-dealkylation sites (N-methyl/N-ethyl adjacent to an activating group) is 1. The van der Waals surface area contributed by atoms with Crippen molar-refractivity contribution in [3.8, 4) is 5.75 Å². The van der Waals surface area contributed by atoms with Gasteiger partial charge in [-0.3, -0.25) is 0 Å². The molecule has 0 fully saturated rings. The number of halogens is 1. The van der Waals surface area contributed by atoms with Gasteiger partial charge in [0.2, 0.25) is 0 Å². The first-order valence-corrected chi connectivity index (χ1v) is 11.4. The Morgan fingerprint density at radius 2 is 1.85 bits per heavy atom. The van der Waals surface area contributed by atoms with Gasteiger partial charge in [-0.25, -0.2) is 9.98 Å². The monoisotopic (exact) mass is 564 g/mol. The fourth-order valence-corrected chi connectivity index (χ4v) is 3.54. The highest BCUT2D eigenvalue weighted by Crippen LogP contribution is 2.19. The summed E-state index contributed by atoms with van der Waals surface area (Å²) in [5, 5.41) is 6.79. The molecule has 0 radical (unpaired) electrons. The van der Waals surface area contributed by atoms with E-state index >= 15 is 0 Å². The Morgan fingerprint density at radius 1 is 1.09 bits per heavy atom. The molecule has 0 spiro atoms. The quantitative estimate of drug-likeness (QED) is 0.159. The third-order valence-corrected chi connectivity index (χ3v) is 5.22. The summed E-state index contributed by atoms with van der Waals surface area (Å²) in [6, 6.07) is 16.4. The maximum absolute atomic E-state index is 5.97. The van der Waals surface area contributed by atoms with Crippen LogP contribution in [0.15, 0.2) is 53.5 Å². The number of aromatic nitrogens is 2. The van der Waals surface area contributed by atoms with Crippen LogP contribution in [0.5, 0.6) is 5.75 Å². The van der Waals surface area contributed by atoms with Crippen molar-refractivity contribution in [3.63, 3.8) is 0 Å². The van der Waals surface area contributed by atoms with Crippen LogP contribution in [-0.4, -0.2) is 60.7 Å². The molecule has 0 unspecified atom stereocenters. The van der Waals surface area contributed by atoms with E-state index in [0.717, 1.165) is 61.2 Å². The number of aryl methyl sites for hydroxylation is 2. The number of nitrogens with zero attached hydrogens (tertiary/aromatic N) is 4. The van der Waals surface area contributed by atoms with Gasteiger partial charge in [-0.15, -0.1) is 24.0 Å². The molecule has 0 saturated heterocycles. The Hall–Kier alpha value is -2.33. The molecule has 3 rings (SSSR count). The molecule has 0 atom stereocenters. The Morgan fingerprint density at radius 3 is 2.64 bits per heavy atom. The van der Waals surface area contributed by atoms with Crippen molar-refractivity contribution in [2.45, 2.75) is 33.4 Å². The molecule has 2 N–H and O–H groups in total. The van der Waals surface area contributed by atoms with Gasteiger partial charge in [0, 0.05) is 31.7 Å². The molecular formula is C25H37IN6O. The average molecular weight is 565 g/mol. The smallest absolute Gasteiger partial charge is 0.191 e. The summed E-state index contributed by atoms with van der Waals surface area (Å²) in [5.41, 5.74) is 3.33. The lowest BCUT2D eigenvalue weighted by Crippen LogP contribution is -2.38. The Kier molecular flexibility index (Phi) is 11.5. The summed E-state index contributed by atoms with van der Waals surface area (Å²) in [6.07, 6.45) is 0.982. The largest absolute Gasteiger partial charge is 0.492 e. The predicted octanol–water partition coefficient (Wildman–Crippen LogP) is 4.05. The minimum atomic E-state index is 0. The molecule has 0 amide bonds. The number of aliphatic imine (C=N–C) groups is 1. The number of fused-ring (bicyclic) bond motifs is 1. The topological polar surface area (TPSA) is 66.7 Å². The molecule has 8 heteroatoms. The third-order valence-electron chi connectivity index (χ3n) is 5.22. The Labute approximate surface area is 214 Å². The minimum absolute atomic E-state index is 0. The van der Waals surface area contributed by atoms with Gasteiger partial charge in [-0.1, -0.05) is 30.3 Å². The van der Waals surface area contributed by atoms with Crippen LogP contribution in [0, 0.1) is 6.92 Å². The number of imidazole rings is 1. The molecule has 180 valence electrons. The molecule has 7 nitrogen and oxygen atoms in total. The van der Waals surface area contributed by atoms with E-state index < -0.39 is 0 Å². The van der Waals surface area contributed by atoms with Crippen LogP contribution in [0.3, 0.4) is 0 Å². The van der Waals surface area contributed by atoms with E-state index in [1.807, 2.05) is 38.4 Å². The summed E-state index contributed by atoms with van der Waals surface area (Å²) >= 11 is 0. The lowest BCUT2D eigenvalue weighted by atomic mass is 10.2. The highest BCUT2D eigenvalue weighted by Gasteiger charge is 2.07. The maximum atomic E-state index is 5.97. The van der Waals surface area contributed by atoms with Crippen LogP contribution in [0.25, 0.3) is 11.0 Å². The Balaban J connectivity index is 0.00000385. The van der Waals surface area contributed by atoms with E-state index in [1.165, 1.54) is 5.52 Å². The first-order chi connectivity index (χ1) is 15.6. The molecule has 2 aromatic carbocycles. The van der Waals surface area contributed by atoms with Crippen molar-refractivity contribution in [2.24, 2.45) is 4.99 Å². The number of nitrogens with one attached hydrogen (secondary N) is 2. The van der Waals surface area contributed by atoms with E-state index in [-0.39, 0.29) is 24.0 Å². The van der Waals surface area contributed by atoms with E-state index in [9.17, 15) is 0 Å². The fourth-order valence-electron chi connectivity index (χ4n) is 3.54. The second-order valence-electron chi connectivity index (χ2n) is 8.03. The molecule has 0 bridgehead atoms. The van der Waals surface area contributed by atoms with Crippen molar-refractivity contribution in [2.75, 3.05) is 40.3 Å². The molecule has 0 aliphatic rings. The zero-order valence-corrected chi connectivity index (χ0v) is 22.5. The number of hydrogen-bond acceptors (Lipinski definition) is 4. The van der Waals surface area contributed by atoms with Gasteiger partial charge in [-0.05, 0) is 52.6 Å². The summed E-state index contributed by atoms with van der Waals surface area (Å²) < 4.78 is 8.25. The van der Waals surface area contributed by atoms with Crippen LogP contribution in [0.1, 0.15) is 24.7 Å². The zero-order valence-electron chi connectivity index (χ0n) is 20.2. The van der Waals surface area contributed by atoms with E-state index in [4.69, 9.17) is 9.73 Å². The highest BCUT2D eigenvalue weighted by atomic mass is 127. The summed E-state index contributed by atoms with van der Waals surface area (Å²) in [6.45, 7) is 8.83. The second-order valence-corrected chi connectivity index (χ2v) is 8.03. The first kappa shape index (κ1) is 26.9. The number of benzene rings is 2. The van der Waals surface area contributed by atoms with Crippen molar-refractivity contribution in [1.82, 2.24) is 25.1 Å². The van der Waals surface area contributed by atoms with Crippen LogP contribution in [0.2, 0.25) is 0 Å². The molecular weight excluding hydrogens is 527 g/mol. The van der Waals surface area contributed by atoms with Crippen LogP contribution < -0.4 is 15.4 Å². The predicted molar refractivity (Wildman–Crippen MR) is 148 cm³/mol. The number of ether oxygens (including phenoxy) is 1. The molecule has 1 aromatic heterocycles. The number of rotatable bonds is 11. The lowest BCUT2D eigenvalue weighted by Gasteiger charge is -2.14. The van der Waals surface area contributed by atoms with Gasteiger partial charge in [0.15, 0.2) is 5.96 Å². The third kappa shape index (κ3) is 8.19. The van der Waals surface area contributed by atoms with Crippen LogP contribution >= 0.6 is 24.0 Å². The summed E-state index contributed by atoms with van der Waals surface area (Å²) in [4.78, 5) is 11.5. The van der Waals surface area contributed by atoms with E-state index in [1.54, 1.807) is 0 Å². The summed E-state index contributed by atoms with van der Waals surface area (Å²) in [5.74, 6) is 2.77. The van der Waals surface area contributed by atoms with E-state index in [2.05, 4.69) is 63.2 Å². The Bertz CT molecular complexity index is 1020. The van der Waals surface area contributed by atoms with Gasteiger partial charge in [0.1, 0.15) is 18.2 Å². The standard InChI is InChI=1S/C25H36N6O.HI/c1-5-26-25(28-19-21-11-6-9-14-24(21)32-18-17-30(3)4)27-15-10-16-31-20(2)29-22-12-7-8-13-23(22)31;/h6-9,11-14H,5,10,15-19H2,1-4H3,(H2,26,27,28);1H. The van der Waals surface area contributed by atoms with Crippen molar-refractivity contribution < 1.29 is 4.74 Å². The van der Waals surface area contributed by atoms with E-state index in [0.29, 0.717) is 13.2 Å². The van der Waals surface area contributed by atoms with Crippen LogP contribution in [0.4, 0.5) is 0 Å². The highest BCUT2D eigenvalue weighted by molar-refractivity contribution is 14.0. The average Bonchev–Trinajstić information content (AvgIpc) is 3.10. The van der Waals surface area contributed by atoms with Crippen LogP contribution in [-0.2, 0) is 13.1 Å². The fraction of sp³-hybridized carbons (Fsp3) is 0.440. The van der Waals surface area contributed by atoms with Gasteiger partial charge in [0.05, 0.1) is 17.6 Å². The van der Waals surface area contributed by atoms with Crippen molar-refractivity contribution in [1.29, 1.82) is 0 Å². The minimum Gasteiger partial charge on any atom is -0.492 e. The molecule has 33 heavy (non-hydrogen) atoms. The number of para-hydroxylation sites is 3. The lowest BCUT2D eigenvalue weighted by molar-refractivity contribution is 0.259. The molecule has 0 aliphatic heterocycles. The number of guanidine groups is 1. The second kappa shape index (κ2) is 14.0. The number of hydrogen-bond donors (Lipinski definition) is 2. The maximum Gasteiger partial charge on any atom is 0.191 e. The normalized spacial score (nSPS) is 11.5. The van der Waals surface area contributed by atoms with Crippen molar-refractivity contribution in [3.05, 3.63) is 59.9 Å². The van der Waals surface area contributed by atoms with Gasteiger partial charge >= 0.3 is 0 Å². The van der Waals surface area contributed by atoms with Crippen molar-refractivity contribution >= 4 is 41.0 Å². The molecule has 1 heterocycles. The SMILES string of the molecule is CCNC(=NCc1ccccc1OCCN(C)C)NCCCn1c(C)nc2ccccc21.I. The molecule has 0 aliphatic carbocycles. The van der Waals surface area contributed by atoms with Gasteiger partial charge in [0.25, 0.3) is 0 Å². The molecule has 0 saturated carbocycles. The zero-order chi connectivity index (χ0) is 22.8. The summed E-state index contributed by atoms with van der Waals surface area (Å²) in [7, 11) is 4.09. The molecule has 3 aromatic rings. The first-order valence-electron chi connectivity index (χ1n) is 11.4.